The van der Waals surface area contributed by atoms with Gasteiger partial charge in [0.25, 0.3) is 0 Å². The SMILES string of the molecule is CN=C(NCCCC(=O)N1Cc2ccccc2C1)N(C)Cc1ccc(Cl)s1. The fourth-order valence-corrected chi connectivity index (χ4v) is 4.38. The number of hydrogen-bond donors (Lipinski definition) is 1. The third kappa shape index (κ3) is 5.23. The molecule has 1 aromatic carbocycles. The normalized spacial score (nSPS) is 13.6. The van der Waals surface area contributed by atoms with Crippen LogP contribution in [0.3, 0.4) is 0 Å². The molecule has 1 amide bonds. The van der Waals surface area contributed by atoms with Gasteiger partial charge in [-0.3, -0.25) is 9.79 Å². The lowest BCUT2D eigenvalue weighted by Crippen LogP contribution is -2.39. The van der Waals surface area contributed by atoms with Crippen LogP contribution in [0.25, 0.3) is 0 Å². The topological polar surface area (TPSA) is 47.9 Å². The Morgan fingerprint density at radius 2 is 1.96 bits per heavy atom. The Balaban J connectivity index is 1.39. The zero-order valence-electron chi connectivity index (χ0n) is 15.7. The lowest BCUT2D eigenvalue weighted by atomic mass is 10.1. The molecule has 0 fully saturated rings. The number of fused-ring (bicyclic) bond motifs is 1. The summed E-state index contributed by atoms with van der Waals surface area (Å²) in [6.45, 7) is 2.93. The van der Waals surface area contributed by atoms with Crippen LogP contribution in [0.1, 0.15) is 28.8 Å². The van der Waals surface area contributed by atoms with Crippen LogP contribution in [-0.2, 0) is 24.4 Å². The zero-order chi connectivity index (χ0) is 19.2. The molecule has 0 atom stereocenters. The molecule has 0 aliphatic carbocycles. The third-order valence-corrected chi connectivity index (χ3v) is 5.86. The summed E-state index contributed by atoms with van der Waals surface area (Å²) >= 11 is 7.57. The van der Waals surface area contributed by atoms with Gasteiger partial charge in [0.15, 0.2) is 5.96 Å². The maximum absolute atomic E-state index is 12.5. The molecule has 3 rings (SSSR count). The highest BCUT2D eigenvalue weighted by Gasteiger charge is 2.22. The molecule has 0 saturated heterocycles. The third-order valence-electron chi connectivity index (χ3n) is 4.64. The minimum atomic E-state index is 0.213. The number of benzene rings is 1. The molecule has 27 heavy (non-hydrogen) atoms. The highest BCUT2D eigenvalue weighted by atomic mass is 35.5. The number of rotatable bonds is 6. The number of halogens is 1. The molecule has 5 nitrogen and oxygen atoms in total. The first kappa shape index (κ1) is 19.7. The number of carbonyl (C=O) groups excluding carboxylic acids is 1. The largest absolute Gasteiger partial charge is 0.356 e. The smallest absolute Gasteiger partial charge is 0.223 e. The molecule has 1 aliphatic heterocycles. The number of amides is 1. The summed E-state index contributed by atoms with van der Waals surface area (Å²) in [5, 5.41) is 3.34. The standard InChI is InChI=1S/C20H25ClN4OS/c1-22-20(24(2)14-17-9-10-18(21)27-17)23-11-5-8-19(26)25-12-15-6-3-4-7-16(15)13-25/h3-4,6-7,9-10H,5,8,11-14H2,1-2H3,(H,22,23). The van der Waals surface area contributed by atoms with Gasteiger partial charge < -0.3 is 15.1 Å². The number of aliphatic imine (C=N–C) groups is 1. The van der Waals surface area contributed by atoms with E-state index in [-0.39, 0.29) is 5.91 Å². The van der Waals surface area contributed by atoms with Crippen molar-refractivity contribution in [1.82, 2.24) is 15.1 Å². The van der Waals surface area contributed by atoms with E-state index < -0.39 is 0 Å². The van der Waals surface area contributed by atoms with Gasteiger partial charge in [0.05, 0.1) is 10.9 Å². The van der Waals surface area contributed by atoms with Gasteiger partial charge >= 0.3 is 0 Å². The molecule has 1 aromatic heterocycles. The number of carbonyl (C=O) groups is 1. The number of hydrogen-bond acceptors (Lipinski definition) is 3. The monoisotopic (exact) mass is 404 g/mol. The van der Waals surface area contributed by atoms with Gasteiger partial charge in [-0.15, -0.1) is 11.3 Å². The Morgan fingerprint density at radius 3 is 2.56 bits per heavy atom. The maximum atomic E-state index is 12.5. The summed E-state index contributed by atoms with van der Waals surface area (Å²) in [6.07, 6.45) is 1.32. The van der Waals surface area contributed by atoms with Crippen LogP contribution in [0.4, 0.5) is 0 Å². The fraction of sp³-hybridized carbons (Fsp3) is 0.400. The van der Waals surface area contributed by atoms with Gasteiger partial charge in [-0.05, 0) is 29.7 Å². The average molecular weight is 405 g/mol. The molecule has 0 radical (unpaired) electrons. The molecule has 0 saturated carbocycles. The first-order valence-electron chi connectivity index (χ1n) is 9.07. The van der Waals surface area contributed by atoms with Gasteiger partial charge in [0, 0.05) is 45.0 Å². The van der Waals surface area contributed by atoms with Crippen molar-refractivity contribution in [1.29, 1.82) is 0 Å². The van der Waals surface area contributed by atoms with E-state index in [2.05, 4.69) is 27.3 Å². The fourth-order valence-electron chi connectivity index (χ4n) is 3.24. The second-order valence-electron chi connectivity index (χ2n) is 6.66. The Morgan fingerprint density at radius 1 is 1.26 bits per heavy atom. The second kappa shape index (κ2) is 9.24. The molecule has 2 aromatic rings. The van der Waals surface area contributed by atoms with E-state index in [9.17, 15) is 4.79 Å². The van der Waals surface area contributed by atoms with Crippen LogP contribution in [0.5, 0.6) is 0 Å². The van der Waals surface area contributed by atoms with Crippen molar-refractivity contribution >= 4 is 34.8 Å². The second-order valence-corrected chi connectivity index (χ2v) is 8.46. The Kier molecular flexibility index (Phi) is 6.74. The predicted molar refractivity (Wildman–Crippen MR) is 112 cm³/mol. The molecule has 1 N–H and O–H groups in total. The van der Waals surface area contributed by atoms with Gasteiger partial charge in [-0.1, -0.05) is 35.9 Å². The van der Waals surface area contributed by atoms with Gasteiger partial charge in [0.1, 0.15) is 0 Å². The minimum absolute atomic E-state index is 0.213. The van der Waals surface area contributed by atoms with Crippen LogP contribution in [0, 0.1) is 0 Å². The summed E-state index contributed by atoms with van der Waals surface area (Å²) < 4.78 is 0.795. The lowest BCUT2D eigenvalue weighted by Gasteiger charge is -2.21. The van der Waals surface area contributed by atoms with Crippen LogP contribution in [-0.4, -0.2) is 42.3 Å². The summed E-state index contributed by atoms with van der Waals surface area (Å²) in [7, 11) is 3.77. The molecule has 144 valence electrons. The molecular weight excluding hydrogens is 380 g/mol. The van der Waals surface area contributed by atoms with Crippen LogP contribution >= 0.6 is 22.9 Å². The first-order valence-corrected chi connectivity index (χ1v) is 10.3. The maximum Gasteiger partial charge on any atom is 0.223 e. The number of nitrogens with zero attached hydrogens (tertiary/aromatic N) is 3. The Bertz CT molecular complexity index is 795. The summed E-state index contributed by atoms with van der Waals surface area (Å²) in [5.41, 5.74) is 2.53. The van der Waals surface area contributed by atoms with E-state index in [0.717, 1.165) is 42.9 Å². The number of guanidine groups is 1. The molecule has 0 bridgehead atoms. The van der Waals surface area contributed by atoms with Gasteiger partial charge in [0.2, 0.25) is 5.91 Å². The zero-order valence-corrected chi connectivity index (χ0v) is 17.3. The van der Waals surface area contributed by atoms with E-state index in [0.29, 0.717) is 6.42 Å². The summed E-state index contributed by atoms with van der Waals surface area (Å²) in [6, 6.07) is 12.2. The van der Waals surface area contributed by atoms with Crippen LogP contribution in [0.15, 0.2) is 41.4 Å². The van der Waals surface area contributed by atoms with E-state index in [1.54, 1.807) is 18.4 Å². The van der Waals surface area contributed by atoms with E-state index in [1.165, 1.54) is 16.0 Å². The van der Waals surface area contributed by atoms with Crippen molar-refractivity contribution in [3.63, 3.8) is 0 Å². The van der Waals surface area contributed by atoms with Crippen molar-refractivity contribution in [2.75, 3.05) is 20.6 Å². The summed E-state index contributed by atoms with van der Waals surface area (Å²) in [4.78, 5) is 22.0. The van der Waals surface area contributed by atoms with Crippen molar-refractivity contribution in [2.45, 2.75) is 32.5 Å². The Hall–Kier alpha value is -2.05. The van der Waals surface area contributed by atoms with E-state index >= 15 is 0 Å². The quantitative estimate of drug-likeness (QED) is 0.453. The highest BCUT2D eigenvalue weighted by molar-refractivity contribution is 7.16. The molecule has 0 spiro atoms. The van der Waals surface area contributed by atoms with Crippen molar-refractivity contribution in [2.24, 2.45) is 4.99 Å². The van der Waals surface area contributed by atoms with E-state index in [1.807, 2.05) is 36.2 Å². The molecule has 0 unspecified atom stereocenters. The number of nitrogens with one attached hydrogen (secondary N) is 1. The van der Waals surface area contributed by atoms with Gasteiger partial charge in [-0.2, -0.15) is 0 Å². The van der Waals surface area contributed by atoms with E-state index in [4.69, 9.17) is 11.6 Å². The average Bonchev–Trinajstić information content (AvgIpc) is 3.27. The lowest BCUT2D eigenvalue weighted by molar-refractivity contribution is -0.131. The van der Waals surface area contributed by atoms with Crippen LogP contribution < -0.4 is 5.32 Å². The highest BCUT2D eigenvalue weighted by Crippen LogP contribution is 2.23. The van der Waals surface area contributed by atoms with Crippen molar-refractivity contribution in [3.05, 3.63) is 56.7 Å². The van der Waals surface area contributed by atoms with Crippen LogP contribution in [0.2, 0.25) is 4.34 Å². The van der Waals surface area contributed by atoms with Crippen molar-refractivity contribution in [3.8, 4) is 0 Å². The predicted octanol–water partition coefficient (Wildman–Crippen LogP) is 3.73. The Labute approximate surface area is 169 Å². The molecule has 1 aliphatic rings. The summed E-state index contributed by atoms with van der Waals surface area (Å²) in [5.74, 6) is 1.03. The molecule has 2 heterocycles. The molecule has 7 heteroatoms. The molecular formula is C20H25ClN4OS. The minimum Gasteiger partial charge on any atom is -0.356 e. The first-order chi connectivity index (χ1) is 13.1. The van der Waals surface area contributed by atoms with Gasteiger partial charge in [-0.25, -0.2) is 0 Å². The number of thiophene rings is 1. The van der Waals surface area contributed by atoms with Crippen molar-refractivity contribution < 1.29 is 4.79 Å².